The highest BCUT2D eigenvalue weighted by molar-refractivity contribution is 5.62. The summed E-state index contributed by atoms with van der Waals surface area (Å²) >= 11 is 0. The van der Waals surface area contributed by atoms with E-state index in [9.17, 15) is 0 Å². The van der Waals surface area contributed by atoms with Crippen LogP contribution in [0, 0.1) is 0 Å². The number of nitrogens with one attached hydrogen (secondary N) is 1. The van der Waals surface area contributed by atoms with Crippen LogP contribution >= 0.6 is 0 Å². The van der Waals surface area contributed by atoms with Crippen LogP contribution in [0.25, 0.3) is 0 Å². The van der Waals surface area contributed by atoms with E-state index >= 15 is 0 Å². The Morgan fingerprint density at radius 3 is 2.45 bits per heavy atom. The van der Waals surface area contributed by atoms with Gasteiger partial charge in [-0.25, -0.2) is 0 Å². The van der Waals surface area contributed by atoms with Gasteiger partial charge in [0.05, 0.1) is 5.69 Å². The van der Waals surface area contributed by atoms with E-state index in [4.69, 9.17) is 18.9 Å². The van der Waals surface area contributed by atoms with Crippen LogP contribution in [0.15, 0.2) is 18.2 Å². The summed E-state index contributed by atoms with van der Waals surface area (Å²) in [5, 5.41) is 3.34. The topological polar surface area (TPSA) is 52.2 Å². The van der Waals surface area contributed by atoms with Crippen molar-refractivity contribution >= 4 is 5.69 Å². The predicted octanol–water partition coefficient (Wildman–Crippen LogP) is 1.06. The predicted molar refractivity (Wildman–Crippen MR) is 76.5 cm³/mol. The number of ether oxygens (including phenoxy) is 4. The van der Waals surface area contributed by atoms with Gasteiger partial charge in [-0.2, -0.15) is 0 Å². The largest absolute Gasteiger partial charge is 0.467 e. The Balaban J connectivity index is 2.16. The van der Waals surface area contributed by atoms with Gasteiger partial charge in [0.25, 0.3) is 0 Å². The molecule has 1 N–H and O–H groups in total. The van der Waals surface area contributed by atoms with E-state index in [2.05, 4.69) is 10.2 Å². The van der Waals surface area contributed by atoms with Crippen LogP contribution in [0.2, 0.25) is 0 Å². The lowest BCUT2D eigenvalue weighted by atomic mass is 10.2. The number of anilines is 1. The molecule has 0 aromatic heterocycles. The molecule has 0 amide bonds. The van der Waals surface area contributed by atoms with Gasteiger partial charge in [-0.1, -0.05) is 0 Å². The number of methoxy groups -OCH3 is 2. The maximum Gasteiger partial charge on any atom is 0.188 e. The van der Waals surface area contributed by atoms with E-state index in [1.54, 1.807) is 14.2 Å². The molecule has 0 atom stereocenters. The summed E-state index contributed by atoms with van der Waals surface area (Å²) < 4.78 is 21.0. The Labute approximate surface area is 119 Å². The molecule has 0 spiro atoms. The van der Waals surface area contributed by atoms with Gasteiger partial charge in [-0.05, 0) is 12.1 Å². The van der Waals surface area contributed by atoms with Crippen LogP contribution in [0.5, 0.6) is 11.5 Å². The van der Waals surface area contributed by atoms with Gasteiger partial charge in [0.2, 0.25) is 0 Å². The van der Waals surface area contributed by atoms with Crippen molar-refractivity contribution in [2.24, 2.45) is 0 Å². The van der Waals surface area contributed by atoms with Crippen LogP contribution in [0.3, 0.4) is 0 Å². The number of hydrogen-bond acceptors (Lipinski definition) is 6. The summed E-state index contributed by atoms with van der Waals surface area (Å²) in [7, 11) is 3.22. The van der Waals surface area contributed by atoms with Crippen molar-refractivity contribution in [3.05, 3.63) is 18.2 Å². The summed E-state index contributed by atoms with van der Waals surface area (Å²) in [5.41, 5.74) is 1.03. The maximum atomic E-state index is 5.63. The first-order chi connectivity index (χ1) is 9.85. The molecule has 1 saturated heterocycles. The molecule has 0 aliphatic carbocycles. The summed E-state index contributed by atoms with van der Waals surface area (Å²) in [6.07, 6.45) is 0. The SMILES string of the molecule is COCOc1ccc(OCOC)c(N2CCNCC2)c1. The molecule has 0 bridgehead atoms. The molecule has 2 rings (SSSR count). The molecule has 0 radical (unpaired) electrons. The Bertz CT molecular complexity index is 408. The molecule has 1 heterocycles. The van der Waals surface area contributed by atoms with Crippen LogP contribution in [0.1, 0.15) is 0 Å². The molecule has 1 aromatic rings. The molecule has 6 nitrogen and oxygen atoms in total. The standard InChI is InChI=1S/C14H22N2O4/c1-17-10-19-12-3-4-14(20-11-18-2)13(9-12)16-7-5-15-6-8-16/h3-4,9,15H,5-8,10-11H2,1-2H3. The molecule has 1 aliphatic heterocycles. The first-order valence-electron chi connectivity index (χ1n) is 6.68. The highest BCUT2D eigenvalue weighted by atomic mass is 16.7. The van der Waals surface area contributed by atoms with E-state index < -0.39 is 0 Å². The summed E-state index contributed by atoms with van der Waals surface area (Å²) in [6.45, 7) is 4.28. The van der Waals surface area contributed by atoms with Gasteiger partial charge in [-0.15, -0.1) is 0 Å². The van der Waals surface area contributed by atoms with Crippen LogP contribution < -0.4 is 19.7 Å². The van der Waals surface area contributed by atoms with E-state index in [1.807, 2.05) is 18.2 Å². The second kappa shape index (κ2) is 7.94. The second-order valence-corrected chi connectivity index (χ2v) is 4.47. The number of hydrogen-bond donors (Lipinski definition) is 1. The number of rotatable bonds is 7. The average molecular weight is 282 g/mol. The lowest BCUT2D eigenvalue weighted by molar-refractivity contribution is 0.0486. The quantitative estimate of drug-likeness (QED) is 0.755. The smallest absolute Gasteiger partial charge is 0.188 e. The molecular formula is C14H22N2O4. The Morgan fingerprint density at radius 2 is 1.75 bits per heavy atom. The van der Waals surface area contributed by atoms with Gasteiger partial charge >= 0.3 is 0 Å². The van der Waals surface area contributed by atoms with Crippen molar-refractivity contribution in [2.45, 2.75) is 0 Å². The molecular weight excluding hydrogens is 260 g/mol. The minimum Gasteiger partial charge on any atom is -0.467 e. The third-order valence-corrected chi connectivity index (χ3v) is 3.06. The van der Waals surface area contributed by atoms with Crippen LogP contribution in [-0.2, 0) is 9.47 Å². The average Bonchev–Trinajstić information content (AvgIpc) is 2.52. The highest BCUT2D eigenvalue weighted by Crippen LogP contribution is 2.32. The molecule has 0 saturated carbocycles. The molecule has 112 valence electrons. The zero-order valence-electron chi connectivity index (χ0n) is 12.1. The third kappa shape index (κ3) is 4.00. The van der Waals surface area contributed by atoms with Crippen molar-refractivity contribution in [3.8, 4) is 11.5 Å². The number of piperazine rings is 1. The van der Waals surface area contributed by atoms with Gasteiger partial charge in [0.1, 0.15) is 11.5 Å². The van der Waals surface area contributed by atoms with Gasteiger partial charge in [0, 0.05) is 46.5 Å². The summed E-state index contributed by atoms with van der Waals surface area (Å²) in [4.78, 5) is 2.28. The fourth-order valence-corrected chi connectivity index (χ4v) is 2.11. The Kier molecular flexibility index (Phi) is 5.91. The van der Waals surface area contributed by atoms with Crippen molar-refractivity contribution in [2.75, 3.05) is 58.9 Å². The van der Waals surface area contributed by atoms with Crippen molar-refractivity contribution in [1.29, 1.82) is 0 Å². The zero-order valence-corrected chi connectivity index (χ0v) is 12.1. The van der Waals surface area contributed by atoms with Crippen molar-refractivity contribution < 1.29 is 18.9 Å². The number of benzene rings is 1. The van der Waals surface area contributed by atoms with Gasteiger partial charge in [0.15, 0.2) is 13.6 Å². The monoisotopic (exact) mass is 282 g/mol. The molecule has 1 aromatic carbocycles. The highest BCUT2D eigenvalue weighted by Gasteiger charge is 2.16. The summed E-state index contributed by atoms with van der Waals surface area (Å²) in [5.74, 6) is 1.57. The number of nitrogens with zero attached hydrogens (tertiary/aromatic N) is 1. The molecule has 1 fully saturated rings. The minimum atomic E-state index is 0.233. The first kappa shape index (κ1) is 14.9. The minimum absolute atomic E-state index is 0.233. The van der Waals surface area contributed by atoms with Crippen molar-refractivity contribution in [3.63, 3.8) is 0 Å². The molecule has 0 unspecified atom stereocenters. The second-order valence-electron chi connectivity index (χ2n) is 4.47. The lowest BCUT2D eigenvalue weighted by Gasteiger charge is -2.31. The Morgan fingerprint density at radius 1 is 1.05 bits per heavy atom. The van der Waals surface area contributed by atoms with E-state index in [1.165, 1.54) is 0 Å². The van der Waals surface area contributed by atoms with E-state index in [0.29, 0.717) is 0 Å². The van der Waals surface area contributed by atoms with Crippen LogP contribution in [0.4, 0.5) is 5.69 Å². The van der Waals surface area contributed by atoms with Gasteiger partial charge < -0.3 is 29.2 Å². The third-order valence-electron chi connectivity index (χ3n) is 3.06. The van der Waals surface area contributed by atoms with E-state index in [-0.39, 0.29) is 13.6 Å². The van der Waals surface area contributed by atoms with Crippen molar-refractivity contribution in [1.82, 2.24) is 5.32 Å². The first-order valence-corrected chi connectivity index (χ1v) is 6.68. The fourth-order valence-electron chi connectivity index (χ4n) is 2.11. The normalized spacial score (nSPS) is 15.2. The fraction of sp³-hybridized carbons (Fsp3) is 0.571. The summed E-state index contributed by atoms with van der Waals surface area (Å²) in [6, 6.07) is 5.76. The lowest BCUT2D eigenvalue weighted by Crippen LogP contribution is -2.43. The Hall–Kier alpha value is -1.50. The molecule has 6 heteroatoms. The maximum absolute atomic E-state index is 5.63. The van der Waals surface area contributed by atoms with Gasteiger partial charge in [-0.3, -0.25) is 0 Å². The van der Waals surface area contributed by atoms with E-state index in [0.717, 1.165) is 43.4 Å². The molecule has 1 aliphatic rings. The van der Waals surface area contributed by atoms with Crippen LogP contribution in [-0.4, -0.2) is 54.0 Å². The zero-order chi connectivity index (χ0) is 14.2. The molecule has 20 heavy (non-hydrogen) atoms.